The van der Waals surface area contributed by atoms with Gasteiger partial charge in [0, 0.05) is 110 Å². The molecule has 14 rings (SSSR count). The van der Waals surface area contributed by atoms with Gasteiger partial charge in [-0.05, 0) is 104 Å². The first-order chi connectivity index (χ1) is 33.2. The monoisotopic (exact) mass is 863 g/mol. The van der Waals surface area contributed by atoms with E-state index in [0.29, 0.717) is 0 Å². The molecule has 0 saturated heterocycles. The Labute approximate surface area is 388 Å². The average Bonchev–Trinajstić information content (AvgIpc) is 4.27. The molecule has 12 aromatic rings. The van der Waals surface area contributed by atoms with Crippen molar-refractivity contribution in [2.45, 2.75) is 38.0 Å². The SMILES string of the molecule is C1=C(Cc2[nH]c3ccccc3c2C(C2=CCc3ccccc32)c2c[nH]c3ccccc23)c2ccccc2C1.c1ccc2c(Cc3[nH]c4ccccc4c3Cc3c[nH]c4ccccc34)c[nH]c2c1. The molecule has 322 valence electrons. The van der Waals surface area contributed by atoms with E-state index in [9.17, 15) is 0 Å². The van der Waals surface area contributed by atoms with Crippen molar-refractivity contribution in [3.05, 3.63) is 262 Å². The number of nitrogens with one attached hydrogen (secondary N) is 5. The Morgan fingerprint density at radius 3 is 1.60 bits per heavy atom. The first kappa shape index (κ1) is 39.1. The number of para-hydroxylation sites is 5. The third kappa shape index (κ3) is 6.85. The van der Waals surface area contributed by atoms with E-state index in [1.807, 2.05) is 0 Å². The average molecular weight is 864 g/mol. The summed E-state index contributed by atoms with van der Waals surface area (Å²) in [6, 6.07) is 61.0. The zero-order valence-corrected chi connectivity index (χ0v) is 37.2. The molecule has 2 aliphatic rings. The number of allylic oxidation sites excluding steroid dienone is 4. The number of benzene rings is 7. The molecule has 0 amide bonds. The second-order valence-corrected chi connectivity index (χ2v) is 18.3. The third-order valence-electron chi connectivity index (χ3n) is 14.5. The lowest BCUT2D eigenvalue weighted by molar-refractivity contribution is 1.02. The van der Waals surface area contributed by atoms with Crippen LogP contribution in [0, 0.1) is 0 Å². The second kappa shape index (κ2) is 16.3. The predicted octanol–water partition coefficient (Wildman–Crippen LogP) is 14.9. The highest BCUT2D eigenvalue weighted by atomic mass is 14.7. The van der Waals surface area contributed by atoms with Crippen LogP contribution < -0.4 is 0 Å². The van der Waals surface area contributed by atoms with Crippen LogP contribution in [-0.4, -0.2) is 24.9 Å². The molecule has 0 spiro atoms. The summed E-state index contributed by atoms with van der Waals surface area (Å²) < 4.78 is 0. The van der Waals surface area contributed by atoms with Crippen molar-refractivity contribution in [1.29, 1.82) is 0 Å². The van der Waals surface area contributed by atoms with E-state index in [-0.39, 0.29) is 5.92 Å². The molecule has 5 nitrogen and oxygen atoms in total. The van der Waals surface area contributed by atoms with Gasteiger partial charge in [0.2, 0.25) is 0 Å². The fraction of sp³-hybridized carbons (Fsp3) is 0.0968. The lowest BCUT2D eigenvalue weighted by Crippen LogP contribution is -2.07. The maximum absolute atomic E-state index is 3.88. The van der Waals surface area contributed by atoms with Crippen LogP contribution in [0.1, 0.15) is 67.4 Å². The number of hydrogen-bond acceptors (Lipinski definition) is 0. The summed E-state index contributed by atoms with van der Waals surface area (Å²) in [6.45, 7) is 0. The Hall–Kier alpha value is -8.28. The van der Waals surface area contributed by atoms with Gasteiger partial charge < -0.3 is 24.9 Å². The first-order valence-electron chi connectivity index (χ1n) is 23.6. The van der Waals surface area contributed by atoms with Crippen molar-refractivity contribution in [2.75, 3.05) is 0 Å². The molecule has 5 heteroatoms. The van der Waals surface area contributed by atoms with E-state index in [2.05, 4.69) is 226 Å². The molecule has 1 atom stereocenters. The highest BCUT2D eigenvalue weighted by molar-refractivity contribution is 5.96. The quantitative estimate of drug-likeness (QED) is 0.0959. The Morgan fingerprint density at radius 1 is 0.388 bits per heavy atom. The molecule has 5 heterocycles. The van der Waals surface area contributed by atoms with Crippen LogP contribution >= 0.6 is 0 Å². The van der Waals surface area contributed by atoms with E-state index >= 15 is 0 Å². The van der Waals surface area contributed by atoms with E-state index < -0.39 is 0 Å². The zero-order valence-electron chi connectivity index (χ0n) is 37.2. The molecule has 2 aliphatic carbocycles. The van der Waals surface area contributed by atoms with Crippen molar-refractivity contribution in [3.8, 4) is 0 Å². The van der Waals surface area contributed by atoms with Crippen molar-refractivity contribution in [3.63, 3.8) is 0 Å². The van der Waals surface area contributed by atoms with Gasteiger partial charge in [0.25, 0.3) is 0 Å². The summed E-state index contributed by atoms with van der Waals surface area (Å²) in [5.41, 5.74) is 23.9. The van der Waals surface area contributed by atoms with Crippen LogP contribution in [0.5, 0.6) is 0 Å². The van der Waals surface area contributed by atoms with E-state index in [4.69, 9.17) is 0 Å². The molecule has 67 heavy (non-hydrogen) atoms. The van der Waals surface area contributed by atoms with E-state index in [1.54, 1.807) is 0 Å². The van der Waals surface area contributed by atoms with Crippen LogP contribution in [0.3, 0.4) is 0 Å². The van der Waals surface area contributed by atoms with E-state index in [1.165, 1.54) is 127 Å². The Morgan fingerprint density at radius 2 is 0.881 bits per heavy atom. The lowest BCUT2D eigenvalue weighted by atomic mass is 9.80. The van der Waals surface area contributed by atoms with Gasteiger partial charge in [-0.25, -0.2) is 0 Å². The maximum atomic E-state index is 3.88. The molecule has 0 bridgehead atoms. The lowest BCUT2D eigenvalue weighted by Gasteiger charge is -2.22. The largest absolute Gasteiger partial charge is 0.361 e. The first-order valence-corrected chi connectivity index (χ1v) is 23.6. The topological polar surface area (TPSA) is 78.9 Å². The molecular weight excluding hydrogens is 815 g/mol. The summed E-state index contributed by atoms with van der Waals surface area (Å²) in [5.74, 6) is 0.123. The van der Waals surface area contributed by atoms with Gasteiger partial charge in [0.15, 0.2) is 0 Å². The molecule has 1 unspecified atom stereocenters. The number of aromatic nitrogens is 5. The molecule has 0 saturated carbocycles. The smallest absolute Gasteiger partial charge is 0.0459 e. The summed E-state index contributed by atoms with van der Waals surface area (Å²) in [7, 11) is 0. The minimum absolute atomic E-state index is 0.123. The molecular formula is C62H49N5. The van der Waals surface area contributed by atoms with Gasteiger partial charge >= 0.3 is 0 Å². The van der Waals surface area contributed by atoms with Crippen molar-refractivity contribution in [1.82, 2.24) is 24.9 Å². The maximum Gasteiger partial charge on any atom is 0.0459 e. The van der Waals surface area contributed by atoms with Gasteiger partial charge in [-0.2, -0.15) is 0 Å². The van der Waals surface area contributed by atoms with Gasteiger partial charge in [0.05, 0.1) is 0 Å². The Kier molecular flexibility index (Phi) is 9.52. The normalized spacial score (nSPS) is 13.6. The summed E-state index contributed by atoms with van der Waals surface area (Å²) in [6.07, 6.45) is 16.1. The van der Waals surface area contributed by atoms with Crippen LogP contribution in [0.15, 0.2) is 201 Å². The second-order valence-electron chi connectivity index (χ2n) is 18.3. The van der Waals surface area contributed by atoms with Crippen molar-refractivity contribution >= 4 is 65.7 Å². The predicted molar refractivity (Wildman–Crippen MR) is 279 cm³/mol. The van der Waals surface area contributed by atoms with Gasteiger partial charge in [-0.15, -0.1) is 0 Å². The number of rotatable bonds is 9. The van der Waals surface area contributed by atoms with Crippen molar-refractivity contribution < 1.29 is 0 Å². The number of hydrogen-bond donors (Lipinski definition) is 5. The number of H-pyrrole nitrogens is 5. The Balaban J connectivity index is 0.000000138. The minimum atomic E-state index is 0.123. The molecule has 5 N–H and O–H groups in total. The minimum Gasteiger partial charge on any atom is -0.361 e. The molecule has 0 fully saturated rings. The van der Waals surface area contributed by atoms with Gasteiger partial charge in [0.1, 0.15) is 0 Å². The fourth-order valence-corrected chi connectivity index (χ4v) is 11.3. The number of aromatic amines is 5. The number of fused-ring (bicyclic) bond motifs is 7. The van der Waals surface area contributed by atoms with Crippen molar-refractivity contribution in [2.24, 2.45) is 0 Å². The Bertz CT molecular complexity index is 3870. The third-order valence-corrected chi connectivity index (χ3v) is 14.5. The van der Waals surface area contributed by atoms with Gasteiger partial charge in [-0.1, -0.05) is 152 Å². The summed E-state index contributed by atoms with van der Waals surface area (Å²) >= 11 is 0. The standard InChI is InChI=1S/C36H28N2.C26H21N3/c1-3-11-26-23(9-1)17-18-25(26)21-34-36(30-14-6-8-16-33(30)38-34)35(29-20-19-24-10-2-4-12-27(24)29)31-22-37-32-15-7-5-13-28(31)32;1-4-10-23-19(7-1)17(15-27-23)13-22-21-9-3-6-12-25(21)29-26(22)14-18-16-28-24-11-5-2-8-20(18)24/h1-16,18,20,22,35,37-38H,17,19,21H2;1-12,15-16,27-29H,13-14H2. The van der Waals surface area contributed by atoms with Crippen LogP contribution in [0.4, 0.5) is 0 Å². The summed E-state index contributed by atoms with van der Waals surface area (Å²) in [4.78, 5) is 18.0. The molecule has 7 aromatic carbocycles. The zero-order chi connectivity index (χ0) is 44.3. The van der Waals surface area contributed by atoms with Gasteiger partial charge in [-0.3, -0.25) is 0 Å². The van der Waals surface area contributed by atoms with E-state index in [0.717, 1.165) is 32.1 Å². The molecule has 0 aliphatic heterocycles. The molecule has 5 aromatic heterocycles. The van der Waals surface area contributed by atoms with Crippen LogP contribution in [-0.2, 0) is 32.1 Å². The summed E-state index contributed by atoms with van der Waals surface area (Å²) in [5, 5.41) is 6.52. The highest BCUT2D eigenvalue weighted by Gasteiger charge is 2.32. The molecule has 0 radical (unpaired) electrons. The van der Waals surface area contributed by atoms with Crippen LogP contribution in [0.2, 0.25) is 0 Å². The highest BCUT2D eigenvalue weighted by Crippen LogP contribution is 2.48. The van der Waals surface area contributed by atoms with Crippen LogP contribution in [0.25, 0.3) is 65.7 Å². The fourth-order valence-electron chi connectivity index (χ4n) is 11.3.